The molecule has 0 N–H and O–H groups in total. The lowest BCUT2D eigenvalue weighted by atomic mass is 9.29. The predicted molar refractivity (Wildman–Crippen MR) is 419 cm³/mol. The summed E-state index contributed by atoms with van der Waals surface area (Å²) in [5.74, 6) is -0.133. The minimum atomic E-state index is -0.689. The molecule has 3 aliphatic heterocycles. The second-order valence-corrected chi connectivity index (χ2v) is 31.8. The Bertz CT molecular complexity index is 5370. The summed E-state index contributed by atoms with van der Waals surface area (Å²) in [6.07, 6.45) is 0. The van der Waals surface area contributed by atoms with Gasteiger partial charge in [-0.05, 0) is 211 Å². The number of aryl methyl sites for hydroxylation is 6. The molecule has 3 aliphatic carbocycles. The number of benzene rings is 13. The average molecular weight is 1270 g/mol. The van der Waals surface area contributed by atoms with Gasteiger partial charge in [0.05, 0.1) is 22.2 Å². The molecule has 0 saturated carbocycles. The smallest absolute Gasteiger partial charge is 0.247 e. The molecule has 2 spiro atoms. The number of anilines is 6. The standard InChI is InChI=1S/C95H80B2N2/c1-56-46-58(3)89(59(4)47-56)96-80-52-63(92(7,8)9)42-44-86(80)99-87-45-43-64(93(10,11)12)53-81(87)97(90-60(5)48-57(2)49-61(90)6)83-51-62(50-82(96)91(83)99)88-68-32-18-22-36-74(68)94(75-37-23-19-33-69(75)88)72-34-20-16-30-66(72)70-54-71-67-31-17-21-35-73(67)95(79(71)55-78(70)94)76-38-24-26-40-84(76)98(65-28-14-13-15-29-65)85-41-27-25-39-77(85)95/h13-55,88H,1-12H3. The first-order chi connectivity index (χ1) is 47.9. The van der Waals surface area contributed by atoms with Crippen LogP contribution < -0.4 is 42.6 Å². The van der Waals surface area contributed by atoms with Gasteiger partial charge in [-0.1, -0.05) is 304 Å². The number of rotatable bonds is 4. The molecule has 0 atom stereocenters. The lowest BCUT2D eigenvalue weighted by molar-refractivity contribution is 0.590. The highest BCUT2D eigenvalue weighted by Crippen LogP contribution is 2.68. The number of hydrogen-bond donors (Lipinski definition) is 0. The van der Waals surface area contributed by atoms with E-state index in [0.717, 1.165) is 5.69 Å². The number of para-hydroxylation sites is 3. The van der Waals surface area contributed by atoms with Crippen molar-refractivity contribution < 1.29 is 0 Å². The van der Waals surface area contributed by atoms with Gasteiger partial charge in [0, 0.05) is 28.7 Å². The number of hydrogen-bond acceptors (Lipinski definition) is 2. The van der Waals surface area contributed by atoms with E-state index in [2.05, 4.69) is 354 Å². The van der Waals surface area contributed by atoms with Crippen LogP contribution in [0.1, 0.15) is 153 Å². The highest BCUT2D eigenvalue weighted by molar-refractivity contribution is 7.02. The summed E-state index contributed by atoms with van der Waals surface area (Å²) < 4.78 is 0. The van der Waals surface area contributed by atoms with Crippen LogP contribution in [0.2, 0.25) is 0 Å². The van der Waals surface area contributed by atoms with Gasteiger partial charge in [-0.3, -0.25) is 0 Å². The Morgan fingerprint density at radius 1 is 0.303 bits per heavy atom. The molecule has 2 nitrogen and oxygen atoms in total. The van der Waals surface area contributed by atoms with Gasteiger partial charge in [0.1, 0.15) is 0 Å². The van der Waals surface area contributed by atoms with Gasteiger partial charge < -0.3 is 9.80 Å². The summed E-state index contributed by atoms with van der Waals surface area (Å²) in [6.45, 7) is 28.2. The lowest BCUT2D eigenvalue weighted by Gasteiger charge is -2.47. The van der Waals surface area contributed by atoms with Gasteiger partial charge in [0.25, 0.3) is 0 Å². The van der Waals surface area contributed by atoms with Crippen LogP contribution in [0, 0.1) is 41.5 Å². The monoisotopic (exact) mass is 1270 g/mol. The van der Waals surface area contributed by atoms with Gasteiger partial charge in [0.2, 0.25) is 13.4 Å². The van der Waals surface area contributed by atoms with Gasteiger partial charge in [0.15, 0.2) is 0 Å². The average Bonchev–Trinajstić information content (AvgIpc) is 1.56. The van der Waals surface area contributed by atoms with Crippen LogP contribution in [0.5, 0.6) is 0 Å². The summed E-state index contributed by atoms with van der Waals surface area (Å²) in [6, 6.07) is 103. The van der Waals surface area contributed by atoms with E-state index in [9.17, 15) is 0 Å². The van der Waals surface area contributed by atoms with Crippen LogP contribution in [0.15, 0.2) is 261 Å². The second-order valence-electron chi connectivity index (χ2n) is 31.8. The first-order valence-electron chi connectivity index (χ1n) is 35.9. The maximum atomic E-state index is 2.72. The van der Waals surface area contributed by atoms with Crippen molar-refractivity contribution >= 4 is 80.3 Å². The molecule has 0 unspecified atom stereocenters. The molecule has 6 aliphatic rings. The Labute approximate surface area is 585 Å². The van der Waals surface area contributed by atoms with Crippen LogP contribution in [0.3, 0.4) is 0 Å². The van der Waals surface area contributed by atoms with E-state index in [1.165, 1.54) is 189 Å². The third-order valence-corrected chi connectivity index (χ3v) is 24.0. The molecule has 13 aromatic carbocycles. The number of nitrogens with zero attached hydrogens (tertiary/aromatic N) is 2. The van der Waals surface area contributed by atoms with E-state index in [-0.39, 0.29) is 30.2 Å². The Hall–Kier alpha value is -10.4. The number of fused-ring (bicyclic) bond motifs is 22. The second kappa shape index (κ2) is 21.1. The molecule has 0 bridgehead atoms. The molecule has 3 heterocycles. The summed E-state index contributed by atoms with van der Waals surface area (Å²) >= 11 is 0. The fourth-order valence-corrected chi connectivity index (χ4v) is 20.3. The molecule has 13 aromatic rings. The summed E-state index contributed by atoms with van der Waals surface area (Å²) in [5, 5.41) is 0. The minimum Gasteiger partial charge on any atom is -0.313 e. The molecule has 476 valence electrons. The molecule has 4 heteroatoms. The van der Waals surface area contributed by atoms with Crippen molar-refractivity contribution in [3.8, 4) is 22.3 Å². The lowest BCUT2D eigenvalue weighted by Crippen LogP contribution is -2.66. The Morgan fingerprint density at radius 2 is 0.687 bits per heavy atom. The van der Waals surface area contributed by atoms with Crippen LogP contribution in [0.25, 0.3) is 22.3 Å². The third kappa shape index (κ3) is 8.09. The van der Waals surface area contributed by atoms with E-state index in [0.29, 0.717) is 0 Å². The van der Waals surface area contributed by atoms with Gasteiger partial charge in [-0.25, -0.2) is 0 Å². The van der Waals surface area contributed by atoms with Crippen molar-refractivity contribution in [3.63, 3.8) is 0 Å². The van der Waals surface area contributed by atoms with Crippen molar-refractivity contribution in [3.05, 3.63) is 367 Å². The summed E-state index contributed by atoms with van der Waals surface area (Å²) in [7, 11) is 0. The Balaban J connectivity index is 0.913. The Morgan fingerprint density at radius 3 is 1.13 bits per heavy atom. The molecule has 0 radical (unpaired) electrons. The maximum absolute atomic E-state index is 2.72. The summed E-state index contributed by atoms with van der Waals surface area (Å²) in [5.41, 5.74) is 44.7. The van der Waals surface area contributed by atoms with E-state index < -0.39 is 10.8 Å². The molecular formula is C95H80B2N2. The zero-order valence-electron chi connectivity index (χ0n) is 59.0. The van der Waals surface area contributed by atoms with E-state index in [4.69, 9.17) is 0 Å². The van der Waals surface area contributed by atoms with Gasteiger partial charge in [-0.2, -0.15) is 0 Å². The highest BCUT2D eigenvalue weighted by atomic mass is 15.2. The maximum Gasteiger partial charge on any atom is 0.247 e. The van der Waals surface area contributed by atoms with E-state index >= 15 is 0 Å². The topological polar surface area (TPSA) is 6.48 Å². The van der Waals surface area contributed by atoms with E-state index in [1.54, 1.807) is 0 Å². The van der Waals surface area contributed by atoms with Crippen LogP contribution in [-0.2, 0) is 21.7 Å². The molecule has 0 amide bonds. The van der Waals surface area contributed by atoms with Gasteiger partial charge in [-0.15, -0.1) is 0 Å². The molecule has 19 rings (SSSR count). The normalized spacial score (nSPS) is 16.6. The van der Waals surface area contributed by atoms with Gasteiger partial charge >= 0.3 is 0 Å². The fraction of sp³-hybridized carbons (Fsp3) is 0.179. The first-order valence-corrected chi connectivity index (χ1v) is 35.9. The van der Waals surface area contributed by atoms with E-state index in [1.807, 2.05) is 0 Å². The SMILES string of the molecule is Cc1cc(C)c(B2c3cc(C(C)(C)C)ccc3N3c4ccc(C(C)(C)C)cc4B(c4c(C)cc(C)cc4C)c4cc(C5c6ccccc6C6(c7ccccc7-c7cc8c(cc76)C6(c7ccccc7-8)c7ccccc7N(c7ccccc7)c7ccccc76)c6ccccc65)cc2c43)c(C)c1. The molecular weight excluding hydrogens is 1190 g/mol. The summed E-state index contributed by atoms with van der Waals surface area (Å²) in [4.78, 5) is 5.22. The van der Waals surface area contributed by atoms with Crippen molar-refractivity contribution in [2.24, 2.45) is 0 Å². The van der Waals surface area contributed by atoms with Crippen molar-refractivity contribution in [1.82, 2.24) is 0 Å². The molecule has 99 heavy (non-hydrogen) atoms. The zero-order valence-corrected chi connectivity index (χ0v) is 59.0. The van der Waals surface area contributed by atoms with Crippen molar-refractivity contribution in [2.75, 3.05) is 9.80 Å². The quantitative estimate of drug-likeness (QED) is 0.162. The zero-order chi connectivity index (χ0) is 67.5. The molecule has 0 fully saturated rings. The molecule has 0 aromatic heterocycles. The third-order valence-electron chi connectivity index (χ3n) is 24.0. The van der Waals surface area contributed by atoms with Crippen molar-refractivity contribution in [2.45, 2.75) is 111 Å². The largest absolute Gasteiger partial charge is 0.313 e. The van der Waals surface area contributed by atoms with Crippen LogP contribution in [-0.4, -0.2) is 13.4 Å². The molecule has 0 saturated heterocycles. The van der Waals surface area contributed by atoms with Crippen LogP contribution >= 0.6 is 0 Å². The Kier molecular flexibility index (Phi) is 12.7. The van der Waals surface area contributed by atoms with Crippen LogP contribution in [0.4, 0.5) is 34.1 Å². The fourth-order valence-electron chi connectivity index (χ4n) is 20.3. The van der Waals surface area contributed by atoms with Crippen molar-refractivity contribution in [1.29, 1.82) is 0 Å². The predicted octanol–water partition coefficient (Wildman–Crippen LogP) is 19.3. The minimum absolute atomic E-state index is 0.0634. The first kappa shape index (κ1) is 59.8. The highest BCUT2D eigenvalue weighted by Gasteiger charge is 2.57.